The number of aliphatic hydroxyl groups excluding tert-OH is 1. The molecule has 1 aliphatic rings. The fraction of sp³-hybridized carbons (Fsp3) is 0.556. The second kappa shape index (κ2) is 8.50. The third kappa shape index (κ3) is 6.90. The van der Waals surface area contributed by atoms with Gasteiger partial charge in [-0.05, 0) is 4.31 Å². The Balaban J connectivity index is 1.98. The smallest absolute Gasteiger partial charge is 0.390 e. The molecule has 7 N–H and O–H groups in total. The minimum absolute atomic E-state index is 0.150. The number of nitrogens with one attached hydrogen (secondary N) is 1. The number of ether oxygens (including phenoxy) is 1. The number of aliphatic hydroxyl groups is 1. The number of aromatic nitrogens is 2. The van der Waals surface area contributed by atoms with Crippen molar-refractivity contribution in [3.63, 3.8) is 0 Å². The van der Waals surface area contributed by atoms with Crippen molar-refractivity contribution in [2.75, 3.05) is 6.61 Å². The van der Waals surface area contributed by atoms with Crippen LogP contribution < -0.4 is 11.2 Å². The van der Waals surface area contributed by atoms with Crippen LogP contribution in [-0.4, -0.2) is 57.9 Å². The van der Waals surface area contributed by atoms with E-state index >= 15 is 0 Å². The summed E-state index contributed by atoms with van der Waals surface area (Å²) in [7, 11) is -16.2. The summed E-state index contributed by atoms with van der Waals surface area (Å²) in [6.07, 6.45) is -2.62. The SMILES string of the molecule is O=c1ccn([C@H]2CC(O)[C@@H](CO[P+](O)(O)OP(=O)(O)OP(=O)(O)O)O2)c(=O)[nH]1. The van der Waals surface area contributed by atoms with Gasteiger partial charge in [0.05, 0.1) is 6.10 Å². The standard InChI is InChI=1S/C9H15N2O14P3/c12-5-3-8(11-2-1-7(13)10-9(11)14)23-6(5)4-22-27(18,19)25-28(20,21)24-26(15,16)17/h1-2,5-6,8,12,18-19H,3-4H2,(H3-,10,13,14,15,16,17,20,21)/p+1/t5?,6-,8-/m1/s1. The van der Waals surface area contributed by atoms with E-state index in [1.54, 1.807) is 0 Å². The van der Waals surface area contributed by atoms with Crippen molar-refractivity contribution in [1.82, 2.24) is 9.55 Å². The zero-order chi connectivity index (χ0) is 21.3. The van der Waals surface area contributed by atoms with Gasteiger partial charge in [0, 0.05) is 18.7 Å². The molecule has 2 rings (SSSR count). The second-order valence-electron chi connectivity index (χ2n) is 5.36. The summed E-state index contributed by atoms with van der Waals surface area (Å²) >= 11 is 0. The van der Waals surface area contributed by atoms with Crippen molar-refractivity contribution >= 4 is 23.8 Å². The lowest BCUT2D eigenvalue weighted by atomic mass is 10.2. The molecular weight excluding hydrogens is 453 g/mol. The van der Waals surface area contributed by atoms with Gasteiger partial charge in [-0.3, -0.25) is 19.2 Å². The number of phosphoric acid groups is 2. The van der Waals surface area contributed by atoms with Gasteiger partial charge >= 0.3 is 29.5 Å². The first kappa shape index (κ1) is 23.4. The van der Waals surface area contributed by atoms with E-state index < -0.39 is 60.1 Å². The summed E-state index contributed by atoms with van der Waals surface area (Å²) in [5.74, 6) is 0. The van der Waals surface area contributed by atoms with Gasteiger partial charge in [-0.2, -0.15) is 18.6 Å². The number of nitrogens with zero attached hydrogens (tertiary/aromatic N) is 1. The number of rotatable bonds is 8. The Morgan fingerprint density at radius 3 is 2.50 bits per heavy atom. The van der Waals surface area contributed by atoms with Crippen LogP contribution in [0, 0.1) is 0 Å². The minimum atomic E-state index is -5.60. The van der Waals surface area contributed by atoms with Crippen LogP contribution in [0.2, 0.25) is 0 Å². The molecule has 0 amide bonds. The highest BCUT2D eigenvalue weighted by molar-refractivity contribution is 7.68. The lowest BCUT2D eigenvalue weighted by molar-refractivity contribution is -0.0475. The van der Waals surface area contributed by atoms with Crippen LogP contribution in [0.4, 0.5) is 0 Å². The summed E-state index contributed by atoms with van der Waals surface area (Å²) in [6, 6.07) is 1.03. The molecule has 2 unspecified atom stereocenters. The summed E-state index contributed by atoms with van der Waals surface area (Å²) in [4.78, 5) is 69.7. The quantitative estimate of drug-likeness (QED) is 0.205. The molecule has 0 radical (unpaired) electrons. The average Bonchev–Trinajstić information content (AvgIpc) is 2.82. The molecule has 0 saturated carbocycles. The average molecular weight is 469 g/mol. The van der Waals surface area contributed by atoms with E-state index in [9.17, 15) is 33.6 Å². The molecule has 16 nitrogen and oxygen atoms in total. The van der Waals surface area contributed by atoms with Crippen LogP contribution in [0.3, 0.4) is 0 Å². The van der Waals surface area contributed by atoms with E-state index in [-0.39, 0.29) is 6.42 Å². The Bertz CT molecular complexity index is 906. The maximum Gasteiger partial charge on any atom is 0.580 e. The molecule has 4 atom stereocenters. The van der Waals surface area contributed by atoms with Crippen molar-refractivity contribution in [1.29, 1.82) is 0 Å². The van der Waals surface area contributed by atoms with Crippen LogP contribution in [-0.2, 0) is 27.0 Å². The second-order valence-corrected chi connectivity index (χ2v) is 9.82. The van der Waals surface area contributed by atoms with Crippen molar-refractivity contribution < 1.29 is 56.6 Å². The maximum atomic E-state index is 11.7. The van der Waals surface area contributed by atoms with Crippen LogP contribution in [0.15, 0.2) is 21.9 Å². The molecule has 28 heavy (non-hydrogen) atoms. The topological polar surface area (TPSA) is 247 Å². The van der Waals surface area contributed by atoms with Gasteiger partial charge in [0.25, 0.3) is 5.56 Å². The van der Waals surface area contributed by atoms with Crippen molar-refractivity contribution in [2.45, 2.75) is 24.9 Å². The first-order valence-electron chi connectivity index (χ1n) is 7.12. The largest absolute Gasteiger partial charge is 0.580 e. The van der Waals surface area contributed by atoms with E-state index in [0.717, 1.165) is 16.8 Å². The fourth-order valence-electron chi connectivity index (χ4n) is 2.17. The van der Waals surface area contributed by atoms with Gasteiger partial charge in [0.15, 0.2) is 0 Å². The van der Waals surface area contributed by atoms with Gasteiger partial charge in [-0.15, -0.1) is 0 Å². The number of H-pyrrole nitrogens is 1. The lowest BCUT2D eigenvalue weighted by Crippen LogP contribution is -2.31. The van der Waals surface area contributed by atoms with E-state index in [1.165, 1.54) is 0 Å². The molecule has 1 saturated heterocycles. The molecule has 0 bridgehead atoms. The van der Waals surface area contributed by atoms with Gasteiger partial charge < -0.3 is 19.6 Å². The first-order chi connectivity index (χ1) is 12.7. The van der Waals surface area contributed by atoms with Crippen molar-refractivity contribution in [3.8, 4) is 0 Å². The molecule has 1 aromatic heterocycles. The first-order valence-corrected chi connectivity index (χ1v) is 11.7. The number of hydrogen-bond donors (Lipinski definition) is 7. The fourth-order valence-corrected chi connectivity index (χ4v) is 5.24. The van der Waals surface area contributed by atoms with Gasteiger partial charge in [0.1, 0.15) is 18.9 Å². The molecule has 1 fully saturated rings. The summed E-state index contributed by atoms with van der Waals surface area (Å²) in [5.41, 5.74) is -1.48. The van der Waals surface area contributed by atoms with Crippen LogP contribution in [0.5, 0.6) is 0 Å². The third-order valence-electron chi connectivity index (χ3n) is 3.19. The summed E-state index contributed by atoms with van der Waals surface area (Å²) < 4.78 is 39.8. The van der Waals surface area contributed by atoms with Gasteiger partial charge in [0.2, 0.25) is 0 Å². The maximum absolute atomic E-state index is 11.7. The molecule has 0 aromatic carbocycles. The Kier molecular flexibility index (Phi) is 7.12. The zero-order valence-electron chi connectivity index (χ0n) is 13.5. The Labute approximate surface area is 155 Å². The third-order valence-corrected chi connectivity index (χ3v) is 7.03. The van der Waals surface area contributed by atoms with Crippen LogP contribution in [0.1, 0.15) is 12.6 Å². The van der Waals surface area contributed by atoms with Crippen LogP contribution >= 0.6 is 23.8 Å². The highest BCUT2D eigenvalue weighted by Gasteiger charge is 2.53. The van der Waals surface area contributed by atoms with E-state index in [2.05, 4.69) is 13.1 Å². The summed E-state index contributed by atoms with van der Waals surface area (Å²) in [6.45, 7) is -0.813. The number of hydrogen-bond acceptors (Lipinski definition) is 11. The molecular formula is C9H16N2O14P3+. The minimum Gasteiger partial charge on any atom is -0.390 e. The molecule has 0 spiro atoms. The molecule has 0 aliphatic carbocycles. The van der Waals surface area contributed by atoms with Crippen molar-refractivity contribution in [3.05, 3.63) is 33.1 Å². The highest BCUT2D eigenvalue weighted by Crippen LogP contribution is 2.69. The monoisotopic (exact) mass is 469 g/mol. The van der Waals surface area contributed by atoms with Crippen molar-refractivity contribution in [2.24, 2.45) is 0 Å². The van der Waals surface area contributed by atoms with Gasteiger partial charge in [-0.25, -0.2) is 13.9 Å². The van der Waals surface area contributed by atoms with Gasteiger partial charge in [-0.1, -0.05) is 0 Å². The zero-order valence-corrected chi connectivity index (χ0v) is 16.2. The summed E-state index contributed by atoms with van der Waals surface area (Å²) in [5, 5.41) is 9.93. The molecule has 2 heterocycles. The van der Waals surface area contributed by atoms with E-state index in [0.29, 0.717) is 0 Å². The Morgan fingerprint density at radius 1 is 1.29 bits per heavy atom. The predicted octanol–water partition coefficient (Wildman–Crippen LogP) is -1.91. The lowest BCUT2D eigenvalue weighted by Gasteiger charge is -2.17. The van der Waals surface area contributed by atoms with Crippen LogP contribution in [0.25, 0.3) is 0 Å². The Hall–Kier alpha value is -0.830. The molecule has 1 aliphatic heterocycles. The molecule has 160 valence electrons. The van der Waals surface area contributed by atoms with E-state index in [1.807, 2.05) is 4.98 Å². The Morgan fingerprint density at radius 2 is 1.93 bits per heavy atom. The molecule has 1 aromatic rings. The molecule has 19 heteroatoms. The predicted molar refractivity (Wildman–Crippen MR) is 87.2 cm³/mol. The highest BCUT2D eigenvalue weighted by atomic mass is 31.3. The number of aromatic amines is 1. The normalized spacial score (nSPS) is 25.6. The van der Waals surface area contributed by atoms with E-state index in [4.69, 9.17) is 19.4 Å².